The van der Waals surface area contributed by atoms with Crippen LogP contribution in [0.2, 0.25) is 0 Å². The van der Waals surface area contributed by atoms with E-state index in [9.17, 15) is 0 Å². The molecule has 1 N–H and O–H groups in total. The van der Waals surface area contributed by atoms with Crippen LogP contribution in [-0.4, -0.2) is 18.1 Å². The molecule has 0 amide bonds. The molecule has 17 heavy (non-hydrogen) atoms. The van der Waals surface area contributed by atoms with Crippen LogP contribution >= 0.6 is 0 Å². The van der Waals surface area contributed by atoms with Crippen molar-refractivity contribution in [1.29, 1.82) is 0 Å². The molecule has 0 saturated heterocycles. The molecule has 0 atom stereocenters. The van der Waals surface area contributed by atoms with E-state index in [0.717, 1.165) is 37.6 Å². The van der Waals surface area contributed by atoms with Crippen molar-refractivity contribution in [2.75, 3.05) is 13.2 Å². The molecular formula is C14H24N2O. The van der Waals surface area contributed by atoms with Crippen LogP contribution in [-0.2, 0) is 6.54 Å². The lowest BCUT2D eigenvalue weighted by atomic mass is 10.2. The van der Waals surface area contributed by atoms with Crippen LogP contribution in [0.5, 0.6) is 5.75 Å². The summed E-state index contributed by atoms with van der Waals surface area (Å²) >= 11 is 0. The third kappa shape index (κ3) is 6.27. The van der Waals surface area contributed by atoms with Gasteiger partial charge in [0.2, 0.25) is 0 Å². The largest absolute Gasteiger partial charge is 0.492 e. The molecule has 1 aromatic heterocycles. The van der Waals surface area contributed by atoms with Crippen molar-refractivity contribution >= 4 is 0 Å². The molecule has 0 radical (unpaired) electrons. The van der Waals surface area contributed by atoms with Gasteiger partial charge in [-0.05, 0) is 25.1 Å². The molecule has 3 heteroatoms. The highest BCUT2D eigenvalue weighted by atomic mass is 16.5. The van der Waals surface area contributed by atoms with Crippen molar-refractivity contribution in [1.82, 2.24) is 10.3 Å². The fraction of sp³-hybridized carbons (Fsp3) is 0.643. The van der Waals surface area contributed by atoms with Gasteiger partial charge in [-0.25, -0.2) is 0 Å². The van der Waals surface area contributed by atoms with E-state index >= 15 is 0 Å². The molecule has 0 aliphatic rings. The van der Waals surface area contributed by atoms with Gasteiger partial charge in [0.1, 0.15) is 5.75 Å². The average molecular weight is 236 g/mol. The van der Waals surface area contributed by atoms with Crippen molar-refractivity contribution in [3.63, 3.8) is 0 Å². The zero-order valence-electron chi connectivity index (χ0n) is 11.0. The maximum atomic E-state index is 5.63. The van der Waals surface area contributed by atoms with Crippen LogP contribution in [0.1, 0.15) is 45.2 Å². The summed E-state index contributed by atoms with van der Waals surface area (Å²) in [5, 5.41) is 3.25. The molecule has 0 fully saturated rings. The van der Waals surface area contributed by atoms with Gasteiger partial charge < -0.3 is 10.1 Å². The van der Waals surface area contributed by atoms with Crippen molar-refractivity contribution in [3.8, 4) is 5.75 Å². The number of nitrogens with one attached hydrogen (secondary N) is 1. The first-order valence-corrected chi connectivity index (χ1v) is 6.65. The van der Waals surface area contributed by atoms with E-state index in [0.29, 0.717) is 0 Å². The predicted molar refractivity (Wildman–Crippen MR) is 71.3 cm³/mol. The van der Waals surface area contributed by atoms with E-state index in [1.807, 2.05) is 18.3 Å². The topological polar surface area (TPSA) is 34.1 Å². The molecule has 0 aromatic carbocycles. The van der Waals surface area contributed by atoms with Gasteiger partial charge in [-0.15, -0.1) is 0 Å². The third-order valence-corrected chi connectivity index (χ3v) is 2.62. The minimum atomic E-state index is 0.800. The average Bonchev–Trinajstić information content (AvgIpc) is 2.37. The fourth-order valence-electron chi connectivity index (χ4n) is 1.57. The smallest absolute Gasteiger partial charge is 0.137 e. The van der Waals surface area contributed by atoms with E-state index in [2.05, 4.69) is 24.1 Å². The van der Waals surface area contributed by atoms with Gasteiger partial charge in [0.05, 0.1) is 18.5 Å². The zero-order valence-corrected chi connectivity index (χ0v) is 11.0. The second kappa shape index (κ2) is 8.99. The lowest BCUT2D eigenvalue weighted by molar-refractivity contribution is 0.303. The van der Waals surface area contributed by atoms with Gasteiger partial charge in [0.15, 0.2) is 0 Å². The Labute approximate surface area is 105 Å². The van der Waals surface area contributed by atoms with Gasteiger partial charge >= 0.3 is 0 Å². The first kappa shape index (κ1) is 14.0. The summed E-state index contributed by atoms with van der Waals surface area (Å²) in [4.78, 5) is 4.34. The number of hydrogen-bond acceptors (Lipinski definition) is 3. The monoisotopic (exact) mass is 236 g/mol. The maximum absolute atomic E-state index is 5.63. The number of hydrogen-bond donors (Lipinski definition) is 1. The number of rotatable bonds is 9. The zero-order chi connectivity index (χ0) is 12.3. The first-order chi connectivity index (χ1) is 8.36. The van der Waals surface area contributed by atoms with Crippen molar-refractivity contribution in [2.24, 2.45) is 0 Å². The lowest BCUT2D eigenvalue weighted by Gasteiger charge is -2.06. The lowest BCUT2D eigenvalue weighted by Crippen LogP contribution is -2.12. The summed E-state index contributed by atoms with van der Waals surface area (Å²) in [6.07, 6.45) is 6.76. The summed E-state index contributed by atoms with van der Waals surface area (Å²) in [5.74, 6) is 0.877. The van der Waals surface area contributed by atoms with Crippen molar-refractivity contribution in [3.05, 3.63) is 24.0 Å². The quantitative estimate of drug-likeness (QED) is 0.669. The Kier molecular flexibility index (Phi) is 7.39. The van der Waals surface area contributed by atoms with Crippen LogP contribution in [0.3, 0.4) is 0 Å². The standard InChI is InChI=1S/C14H24N2O/c1-3-5-6-7-10-17-14-9-8-13(16-12-14)11-15-4-2/h8-9,12,15H,3-7,10-11H2,1-2H3. The molecule has 1 heterocycles. The van der Waals surface area contributed by atoms with Crippen LogP contribution in [0, 0.1) is 0 Å². The molecule has 0 unspecified atom stereocenters. The summed E-state index contributed by atoms with van der Waals surface area (Å²) < 4.78 is 5.63. The highest BCUT2D eigenvalue weighted by molar-refractivity contribution is 5.19. The second-order valence-electron chi connectivity index (χ2n) is 4.17. The number of unbranched alkanes of at least 4 members (excludes halogenated alkanes) is 3. The molecule has 96 valence electrons. The number of aromatic nitrogens is 1. The number of ether oxygens (including phenoxy) is 1. The van der Waals surface area contributed by atoms with Gasteiger partial charge in [-0.2, -0.15) is 0 Å². The minimum absolute atomic E-state index is 0.800. The normalized spacial score (nSPS) is 10.5. The van der Waals surface area contributed by atoms with Crippen LogP contribution in [0.25, 0.3) is 0 Å². The van der Waals surface area contributed by atoms with Gasteiger partial charge in [0, 0.05) is 6.54 Å². The fourth-order valence-corrected chi connectivity index (χ4v) is 1.57. The molecule has 1 rings (SSSR count). The van der Waals surface area contributed by atoms with E-state index in [-0.39, 0.29) is 0 Å². The summed E-state index contributed by atoms with van der Waals surface area (Å²) in [5.41, 5.74) is 1.06. The maximum Gasteiger partial charge on any atom is 0.137 e. The highest BCUT2D eigenvalue weighted by Crippen LogP contribution is 2.10. The molecule has 0 bridgehead atoms. The van der Waals surface area contributed by atoms with Crippen molar-refractivity contribution < 1.29 is 4.74 Å². The summed E-state index contributed by atoms with van der Waals surface area (Å²) in [6.45, 7) is 6.90. The molecule has 0 aliphatic heterocycles. The third-order valence-electron chi connectivity index (χ3n) is 2.62. The molecule has 0 aliphatic carbocycles. The molecule has 1 aromatic rings. The highest BCUT2D eigenvalue weighted by Gasteiger charge is 1.96. The van der Waals surface area contributed by atoms with Gasteiger partial charge in [-0.3, -0.25) is 4.98 Å². The number of nitrogens with zero attached hydrogens (tertiary/aromatic N) is 1. The van der Waals surface area contributed by atoms with E-state index in [4.69, 9.17) is 4.74 Å². The number of pyridine rings is 1. The minimum Gasteiger partial charge on any atom is -0.492 e. The Bertz CT molecular complexity index is 285. The van der Waals surface area contributed by atoms with Gasteiger partial charge in [0.25, 0.3) is 0 Å². The Morgan fingerprint density at radius 2 is 2.06 bits per heavy atom. The van der Waals surface area contributed by atoms with E-state index in [1.54, 1.807) is 0 Å². The van der Waals surface area contributed by atoms with Crippen molar-refractivity contribution in [2.45, 2.75) is 46.1 Å². The molecule has 0 saturated carbocycles. The van der Waals surface area contributed by atoms with Crippen LogP contribution in [0.4, 0.5) is 0 Å². The second-order valence-corrected chi connectivity index (χ2v) is 4.17. The van der Waals surface area contributed by atoms with Crippen LogP contribution < -0.4 is 10.1 Å². The Hall–Kier alpha value is -1.09. The Balaban J connectivity index is 2.20. The molecule has 0 spiro atoms. The SMILES string of the molecule is CCCCCCOc1ccc(CNCC)nc1. The Morgan fingerprint density at radius 1 is 1.18 bits per heavy atom. The summed E-state index contributed by atoms with van der Waals surface area (Å²) in [7, 11) is 0. The Morgan fingerprint density at radius 3 is 2.71 bits per heavy atom. The summed E-state index contributed by atoms with van der Waals surface area (Å²) in [6, 6.07) is 4.02. The molecular weight excluding hydrogens is 212 g/mol. The van der Waals surface area contributed by atoms with Gasteiger partial charge in [-0.1, -0.05) is 33.1 Å². The van der Waals surface area contributed by atoms with E-state index < -0.39 is 0 Å². The molecule has 3 nitrogen and oxygen atoms in total. The van der Waals surface area contributed by atoms with E-state index in [1.165, 1.54) is 19.3 Å². The first-order valence-electron chi connectivity index (χ1n) is 6.65. The predicted octanol–water partition coefficient (Wildman–Crippen LogP) is 3.15. The van der Waals surface area contributed by atoms with Crippen LogP contribution in [0.15, 0.2) is 18.3 Å².